The van der Waals surface area contributed by atoms with Crippen molar-refractivity contribution in [3.63, 3.8) is 0 Å². The molecule has 13 heavy (non-hydrogen) atoms. The van der Waals surface area contributed by atoms with Crippen LogP contribution in [0.3, 0.4) is 0 Å². The highest BCUT2D eigenvalue weighted by atomic mass is 16.5. The molecule has 0 aliphatic carbocycles. The van der Waals surface area contributed by atoms with Crippen LogP contribution in [0.2, 0.25) is 0 Å². The van der Waals surface area contributed by atoms with E-state index in [1.54, 1.807) is 0 Å². The molecule has 2 N–H and O–H groups in total. The Balaban J connectivity index is 3.13. The summed E-state index contributed by atoms with van der Waals surface area (Å²) in [6, 6.07) is 0. The average molecular weight is 189 g/mol. The lowest BCUT2D eigenvalue weighted by atomic mass is 10.2. The summed E-state index contributed by atoms with van der Waals surface area (Å²) >= 11 is 0. The Morgan fingerprint density at radius 3 is 2.46 bits per heavy atom. The SMILES string of the molecule is CC(C)(C)OCCNCCC(=O)O. The van der Waals surface area contributed by atoms with Crippen molar-refractivity contribution in [2.75, 3.05) is 19.7 Å². The van der Waals surface area contributed by atoms with E-state index < -0.39 is 5.97 Å². The van der Waals surface area contributed by atoms with Gasteiger partial charge in [-0.3, -0.25) is 4.79 Å². The second-order valence-electron chi connectivity index (χ2n) is 3.85. The molecule has 0 heterocycles. The molecule has 0 atom stereocenters. The first-order chi connectivity index (χ1) is 5.92. The lowest BCUT2D eigenvalue weighted by molar-refractivity contribution is -0.136. The van der Waals surface area contributed by atoms with E-state index in [0.717, 1.165) is 0 Å². The summed E-state index contributed by atoms with van der Waals surface area (Å²) in [5, 5.41) is 11.3. The largest absolute Gasteiger partial charge is 0.481 e. The molecule has 0 radical (unpaired) electrons. The van der Waals surface area contributed by atoms with Gasteiger partial charge in [0.1, 0.15) is 0 Å². The predicted octanol–water partition coefficient (Wildman–Crippen LogP) is 0.866. The molecular formula is C9H19NO3. The molecule has 4 nitrogen and oxygen atoms in total. The van der Waals surface area contributed by atoms with E-state index in [0.29, 0.717) is 19.7 Å². The van der Waals surface area contributed by atoms with Gasteiger partial charge < -0.3 is 15.2 Å². The van der Waals surface area contributed by atoms with E-state index in [2.05, 4.69) is 5.32 Å². The quantitative estimate of drug-likeness (QED) is 0.609. The Morgan fingerprint density at radius 2 is 2.00 bits per heavy atom. The van der Waals surface area contributed by atoms with Crippen molar-refractivity contribution in [3.8, 4) is 0 Å². The van der Waals surface area contributed by atoms with Crippen LogP contribution in [0.1, 0.15) is 27.2 Å². The topological polar surface area (TPSA) is 58.6 Å². The van der Waals surface area contributed by atoms with Crippen LogP contribution in [0.25, 0.3) is 0 Å². The predicted molar refractivity (Wildman–Crippen MR) is 50.8 cm³/mol. The minimum Gasteiger partial charge on any atom is -0.481 e. The normalized spacial score (nSPS) is 11.6. The molecule has 0 fully saturated rings. The molecule has 0 saturated carbocycles. The molecule has 4 heteroatoms. The summed E-state index contributed by atoms with van der Waals surface area (Å²) in [6.07, 6.45) is 0.162. The fourth-order valence-corrected chi connectivity index (χ4v) is 0.750. The third kappa shape index (κ3) is 11.4. The van der Waals surface area contributed by atoms with Crippen LogP contribution in [0.5, 0.6) is 0 Å². The van der Waals surface area contributed by atoms with Crippen molar-refractivity contribution >= 4 is 5.97 Å². The first-order valence-corrected chi connectivity index (χ1v) is 4.48. The van der Waals surface area contributed by atoms with Crippen molar-refractivity contribution in [3.05, 3.63) is 0 Å². The van der Waals surface area contributed by atoms with E-state index in [1.807, 2.05) is 20.8 Å². The van der Waals surface area contributed by atoms with Gasteiger partial charge in [0.2, 0.25) is 0 Å². The van der Waals surface area contributed by atoms with Crippen LogP contribution in [0.15, 0.2) is 0 Å². The highest BCUT2D eigenvalue weighted by molar-refractivity contribution is 5.66. The molecular weight excluding hydrogens is 170 g/mol. The van der Waals surface area contributed by atoms with Gasteiger partial charge in [-0.05, 0) is 20.8 Å². The molecule has 0 bridgehead atoms. The van der Waals surface area contributed by atoms with Crippen LogP contribution < -0.4 is 5.32 Å². The smallest absolute Gasteiger partial charge is 0.304 e. The highest BCUT2D eigenvalue weighted by Crippen LogP contribution is 2.04. The van der Waals surface area contributed by atoms with E-state index in [4.69, 9.17) is 9.84 Å². The first kappa shape index (κ1) is 12.4. The third-order valence-electron chi connectivity index (χ3n) is 1.33. The number of carbonyl (C=O) groups is 1. The Kier molecular flexibility index (Phi) is 5.66. The van der Waals surface area contributed by atoms with Crippen molar-refractivity contribution in [2.24, 2.45) is 0 Å². The lowest BCUT2D eigenvalue weighted by Crippen LogP contribution is -2.27. The molecule has 0 amide bonds. The van der Waals surface area contributed by atoms with Crippen LogP contribution in [-0.4, -0.2) is 36.4 Å². The van der Waals surface area contributed by atoms with Crippen molar-refractivity contribution in [2.45, 2.75) is 32.8 Å². The second-order valence-corrected chi connectivity index (χ2v) is 3.85. The fraction of sp³-hybridized carbons (Fsp3) is 0.889. The van der Waals surface area contributed by atoms with Crippen LogP contribution in [0.4, 0.5) is 0 Å². The maximum atomic E-state index is 10.1. The van der Waals surface area contributed by atoms with Gasteiger partial charge in [0, 0.05) is 13.1 Å². The summed E-state index contributed by atoms with van der Waals surface area (Å²) in [7, 11) is 0. The number of hydrogen-bond donors (Lipinski definition) is 2. The van der Waals surface area contributed by atoms with Gasteiger partial charge in [0.05, 0.1) is 18.6 Å². The Hall–Kier alpha value is -0.610. The summed E-state index contributed by atoms with van der Waals surface area (Å²) in [6.45, 7) is 7.79. The Bertz CT molecular complexity index is 151. The molecule has 0 aromatic rings. The molecule has 0 saturated heterocycles. The number of aliphatic carboxylic acids is 1. The summed E-state index contributed by atoms with van der Waals surface area (Å²) < 4.78 is 5.43. The van der Waals surface area contributed by atoms with Crippen molar-refractivity contribution < 1.29 is 14.6 Å². The van der Waals surface area contributed by atoms with Gasteiger partial charge in [-0.1, -0.05) is 0 Å². The van der Waals surface area contributed by atoms with Gasteiger partial charge in [0.15, 0.2) is 0 Å². The summed E-state index contributed by atoms with van der Waals surface area (Å²) in [4.78, 5) is 10.1. The molecule has 0 rings (SSSR count). The van der Waals surface area contributed by atoms with Crippen LogP contribution in [-0.2, 0) is 9.53 Å². The molecule has 0 aliphatic rings. The number of ether oxygens (including phenoxy) is 1. The Morgan fingerprint density at radius 1 is 1.38 bits per heavy atom. The van der Waals surface area contributed by atoms with Gasteiger partial charge in [-0.2, -0.15) is 0 Å². The second kappa shape index (κ2) is 5.94. The van der Waals surface area contributed by atoms with E-state index in [-0.39, 0.29) is 12.0 Å². The van der Waals surface area contributed by atoms with Crippen molar-refractivity contribution in [1.82, 2.24) is 5.32 Å². The standard InChI is InChI=1S/C9H19NO3/c1-9(2,3)13-7-6-10-5-4-8(11)12/h10H,4-7H2,1-3H3,(H,11,12). The zero-order valence-electron chi connectivity index (χ0n) is 8.59. The van der Waals surface area contributed by atoms with E-state index >= 15 is 0 Å². The van der Waals surface area contributed by atoms with Gasteiger partial charge in [0.25, 0.3) is 0 Å². The first-order valence-electron chi connectivity index (χ1n) is 4.48. The number of rotatable bonds is 6. The monoisotopic (exact) mass is 189 g/mol. The molecule has 78 valence electrons. The number of nitrogens with one attached hydrogen (secondary N) is 1. The maximum absolute atomic E-state index is 10.1. The number of hydrogen-bond acceptors (Lipinski definition) is 3. The number of carboxylic acids is 1. The van der Waals surface area contributed by atoms with Crippen LogP contribution in [0, 0.1) is 0 Å². The maximum Gasteiger partial charge on any atom is 0.304 e. The highest BCUT2D eigenvalue weighted by Gasteiger charge is 2.08. The third-order valence-corrected chi connectivity index (χ3v) is 1.33. The van der Waals surface area contributed by atoms with E-state index in [1.165, 1.54) is 0 Å². The van der Waals surface area contributed by atoms with Crippen LogP contribution >= 0.6 is 0 Å². The van der Waals surface area contributed by atoms with Crippen molar-refractivity contribution in [1.29, 1.82) is 0 Å². The zero-order chi connectivity index (χ0) is 10.3. The van der Waals surface area contributed by atoms with Gasteiger partial charge in [-0.15, -0.1) is 0 Å². The minimum atomic E-state index is -0.774. The Labute approximate surface area is 79.3 Å². The molecule has 0 spiro atoms. The van der Waals surface area contributed by atoms with E-state index in [9.17, 15) is 4.79 Å². The molecule has 0 unspecified atom stereocenters. The van der Waals surface area contributed by atoms with Gasteiger partial charge >= 0.3 is 5.97 Å². The zero-order valence-corrected chi connectivity index (χ0v) is 8.59. The summed E-state index contributed by atoms with van der Waals surface area (Å²) in [5.74, 6) is -0.774. The molecule has 0 aromatic carbocycles. The minimum absolute atomic E-state index is 0.117. The fourth-order valence-electron chi connectivity index (χ4n) is 0.750. The van der Waals surface area contributed by atoms with Gasteiger partial charge in [-0.25, -0.2) is 0 Å². The molecule has 0 aromatic heterocycles. The lowest BCUT2D eigenvalue weighted by Gasteiger charge is -2.19. The molecule has 0 aliphatic heterocycles. The number of carboxylic acid groups (broad SMARTS) is 1. The summed E-state index contributed by atoms with van der Waals surface area (Å²) in [5.41, 5.74) is -0.117. The average Bonchev–Trinajstić information content (AvgIpc) is 1.93.